The third kappa shape index (κ3) is 2.80. The molecule has 0 aromatic carbocycles. The third-order valence-corrected chi connectivity index (χ3v) is 4.67. The quantitative estimate of drug-likeness (QED) is 0.812. The Kier molecular flexibility index (Phi) is 3.94. The summed E-state index contributed by atoms with van der Waals surface area (Å²) in [5.41, 5.74) is 1.64. The van der Waals surface area contributed by atoms with Gasteiger partial charge in [-0.05, 0) is 12.8 Å². The lowest BCUT2D eigenvalue weighted by molar-refractivity contribution is -0.153. The smallest absolute Gasteiger partial charge is 0.326 e. The number of hydrogen-bond acceptors (Lipinski definition) is 3. The Morgan fingerprint density at radius 1 is 1.24 bits per heavy atom. The van der Waals surface area contributed by atoms with Gasteiger partial charge in [0.15, 0.2) is 0 Å². The second-order valence-corrected chi connectivity index (χ2v) is 6.04. The highest BCUT2D eigenvalue weighted by Gasteiger charge is 2.38. The zero-order valence-corrected chi connectivity index (χ0v) is 12.0. The molecule has 1 fully saturated rings. The summed E-state index contributed by atoms with van der Waals surface area (Å²) in [6, 6.07) is -0.781. The molecule has 0 spiro atoms. The molecule has 114 valence electrons. The lowest BCUT2D eigenvalue weighted by Gasteiger charge is -2.34. The number of carbonyl (C=O) groups is 2. The predicted octanol–water partition coefficient (Wildman–Crippen LogP) is 1.72. The number of carboxylic acid groups (broad SMARTS) is 1. The number of nitrogens with zero attached hydrogens (tertiary/aromatic N) is 2. The number of carboxylic acids is 1. The molecule has 1 aromatic heterocycles. The highest BCUT2D eigenvalue weighted by Crippen LogP contribution is 2.28. The largest absolute Gasteiger partial charge is 0.480 e. The Hall–Kier alpha value is -1.85. The van der Waals surface area contributed by atoms with E-state index < -0.39 is 12.0 Å². The summed E-state index contributed by atoms with van der Waals surface area (Å²) in [7, 11) is 0. The lowest BCUT2D eigenvalue weighted by Crippen LogP contribution is -2.50. The Morgan fingerprint density at radius 3 is 2.62 bits per heavy atom. The van der Waals surface area contributed by atoms with Crippen LogP contribution in [0.25, 0.3) is 0 Å². The minimum atomic E-state index is -0.939. The van der Waals surface area contributed by atoms with E-state index >= 15 is 0 Å². The van der Waals surface area contributed by atoms with Crippen LogP contribution in [0, 0.1) is 5.92 Å². The van der Waals surface area contributed by atoms with Gasteiger partial charge >= 0.3 is 5.97 Å². The van der Waals surface area contributed by atoms with Crippen molar-refractivity contribution in [1.29, 1.82) is 0 Å². The SMILES string of the molecule is O=C(O)C1Cc2nc[nH]c2CN1C(=O)C1CCCCCC1. The molecule has 1 aromatic rings. The summed E-state index contributed by atoms with van der Waals surface area (Å²) in [5.74, 6) is -0.950. The van der Waals surface area contributed by atoms with Crippen LogP contribution in [-0.4, -0.2) is 37.9 Å². The standard InChI is InChI=1S/C15H21N3O3/c19-14(10-5-3-1-2-4-6-10)18-8-12-11(16-9-17-12)7-13(18)15(20)21/h9-10,13H,1-8H2,(H,16,17)(H,20,21). The second kappa shape index (κ2) is 5.87. The predicted molar refractivity (Wildman–Crippen MR) is 75.5 cm³/mol. The van der Waals surface area contributed by atoms with Crippen molar-refractivity contribution in [1.82, 2.24) is 14.9 Å². The number of aliphatic carboxylic acids is 1. The second-order valence-electron chi connectivity index (χ2n) is 6.04. The molecule has 6 heteroatoms. The van der Waals surface area contributed by atoms with E-state index in [0.717, 1.165) is 37.1 Å². The molecule has 0 radical (unpaired) electrons. The molecule has 1 atom stereocenters. The first-order valence-corrected chi connectivity index (χ1v) is 7.71. The maximum Gasteiger partial charge on any atom is 0.326 e. The molecule has 0 saturated heterocycles. The number of nitrogens with one attached hydrogen (secondary N) is 1. The molecule has 21 heavy (non-hydrogen) atoms. The van der Waals surface area contributed by atoms with Gasteiger partial charge < -0.3 is 15.0 Å². The molecule has 2 N–H and O–H groups in total. The minimum absolute atomic E-state index is 0.00421. The van der Waals surface area contributed by atoms with Crippen molar-refractivity contribution in [3.05, 3.63) is 17.7 Å². The minimum Gasteiger partial charge on any atom is -0.480 e. The van der Waals surface area contributed by atoms with Crippen molar-refractivity contribution in [2.24, 2.45) is 5.92 Å². The van der Waals surface area contributed by atoms with Crippen molar-refractivity contribution in [2.75, 3.05) is 0 Å². The number of amides is 1. The number of aromatic nitrogens is 2. The first-order valence-electron chi connectivity index (χ1n) is 7.71. The number of imidazole rings is 1. The van der Waals surface area contributed by atoms with Crippen LogP contribution in [0.15, 0.2) is 6.33 Å². The van der Waals surface area contributed by atoms with Gasteiger partial charge in [-0.3, -0.25) is 4.79 Å². The monoisotopic (exact) mass is 291 g/mol. The van der Waals surface area contributed by atoms with E-state index in [9.17, 15) is 14.7 Å². The van der Waals surface area contributed by atoms with E-state index in [1.165, 1.54) is 12.8 Å². The van der Waals surface area contributed by atoms with Crippen molar-refractivity contribution < 1.29 is 14.7 Å². The summed E-state index contributed by atoms with van der Waals surface area (Å²) in [4.78, 5) is 33.0. The molecule has 2 heterocycles. The molecule has 1 aliphatic heterocycles. The van der Waals surface area contributed by atoms with Crippen LogP contribution in [0.3, 0.4) is 0 Å². The highest BCUT2D eigenvalue weighted by atomic mass is 16.4. The molecule has 1 aliphatic carbocycles. The molecule has 1 saturated carbocycles. The summed E-state index contributed by atoms with van der Waals surface area (Å²) < 4.78 is 0. The molecule has 1 unspecified atom stereocenters. The van der Waals surface area contributed by atoms with Gasteiger partial charge in [-0.25, -0.2) is 9.78 Å². The molecular formula is C15H21N3O3. The van der Waals surface area contributed by atoms with E-state index in [1.54, 1.807) is 11.2 Å². The van der Waals surface area contributed by atoms with Crippen molar-refractivity contribution in [2.45, 2.75) is 57.5 Å². The van der Waals surface area contributed by atoms with Crippen LogP contribution < -0.4 is 0 Å². The van der Waals surface area contributed by atoms with Gasteiger partial charge in [0.05, 0.1) is 24.3 Å². The average molecular weight is 291 g/mol. The zero-order chi connectivity index (χ0) is 14.8. The number of fused-ring (bicyclic) bond motifs is 1. The normalized spacial score (nSPS) is 23.4. The lowest BCUT2D eigenvalue weighted by atomic mass is 9.95. The van der Waals surface area contributed by atoms with Crippen LogP contribution >= 0.6 is 0 Å². The fourth-order valence-corrected chi connectivity index (χ4v) is 3.45. The van der Waals surface area contributed by atoms with Gasteiger partial charge in [-0.15, -0.1) is 0 Å². The highest BCUT2D eigenvalue weighted by molar-refractivity contribution is 5.85. The number of aromatic amines is 1. The summed E-state index contributed by atoms with van der Waals surface area (Å²) in [5, 5.41) is 9.44. The zero-order valence-electron chi connectivity index (χ0n) is 12.0. The molecule has 3 rings (SSSR count). The summed E-state index contributed by atoms with van der Waals surface area (Å²) in [6.07, 6.45) is 8.13. The summed E-state index contributed by atoms with van der Waals surface area (Å²) in [6.45, 7) is 0.335. The Labute approximate surface area is 123 Å². The van der Waals surface area contributed by atoms with Crippen molar-refractivity contribution in [3.8, 4) is 0 Å². The van der Waals surface area contributed by atoms with Gasteiger partial charge in [-0.1, -0.05) is 25.7 Å². The Morgan fingerprint density at radius 2 is 1.95 bits per heavy atom. The van der Waals surface area contributed by atoms with E-state index in [1.807, 2.05) is 0 Å². The third-order valence-electron chi connectivity index (χ3n) is 4.67. The van der Waals surface area contributed by atoms with E-state index in [0.29, 0.717) is 13.0 Å². The van der Waals surface area contributed by atoms with Gasteiger partial charge in [0, 0.05) is 12.3 Å². The number of rotatable bonds is 2. The van der Waals surface area contributed by atoms with Gasteiger partial charge in [0.1, 0.15) is 6.04 Å². The molecular weight excluding hydrogens is 270 g/mol. The van der Waals surface area contributed by atoms with Gasteiger partial charge in [-0.2, -0.15) is 0 Å². The maximum absolute atomic E-state index is 12.8. The van der Waals surface area contributed by atoms with Gasteiger partial charge in [0.25, 0.3) is 0 Å². The van der Waals surface area contributed by atoms with Crippen LogP contribution in [0.5, 0.6) is 0 Å². The molecule has 2 aliphatic rings. The average Bonchev–Trinajstić information content (AvgIpc) is 2.76. The fraction of sp³-hybridized carbons (Fsp3) is 0.667. The fourth-order valence-electron chi connectivity index (χ4n) is 3.45. The van der Waals surface area contributed by atoms with Crippen molar-refractivity contribution >= 4 is 11.9 Å². The van der Waals surface area contributed by atoms with Crippen LogP contribution in [-0.2, 0) is 22.6 Å². The van der Waals surface area contributed by atoms with E-state index in [4.69, 9.17) is 0 Å². The van der Waals surface area contributed by atoms with Crippen LogP contribution in [0.2, 0.25) is 0 Å². The van der Waals surface area contributed by atoms with Gasteiger partial charge in [0.2, 0.25) is 5.91 Å². The first-order chi connectivity index (χ1) is 10.2. The number of carbonyl (C=O) groups excluding carboxylic acids is 1. The number of H-pyrrole nitrogens is 1. The Bertz CT molecular complexity index is 532. The first kappa shape index (κ1) is 14.1. The summed E-state index contributed by atoms with van der Waals surface area (Å²) >= 11 is 0. The van der Waals surface area contributed by atoms with E-state index in [2.05, 4.69) is 9.97 Å². The van der Waals surface area contributed by atoms with Crippen LogP contribution in [0.1, 0.15) is 49.9 Å². The number of hydrogen-bond donors (Lipinski definition) is 2. The van der Waals surface area contributed by atoms with Crippen molar-refractivity contribution in [3.63, 3.8) is 0 Å². The van der Waals surface area contributed by atoms with Crippen LogP contribution in [0.4, 0.5) is 0 Å². The molecule has 0 bridgehead atoms. The molecule has 1 amide bonds. The Balaban J connectivity index is 1.81. The molecule has 6 nitrogen and oxygen atoms in total. The maximum atomic E-state index is 12.8. The topological polar surface area (TPSA) is 86.3 Å². The van der Waals surface area contributed by atoms with E-state index in [-0.39, 0.29) is 11.8 Å².